The molecule has 2 saturated heterocycles. The molecule has 4 rings (SSSR count). The molecule has 1 unspecified atom stereocenters. The average Bonchev–Trinajstić information content (AvgIpc) is 2.99. The number of rotatable bonds is 11. The predicted molar refractivity (Wildman–Crippen MR) is 156 cm³/mol. The fourth-order valence-electron chi connectivity index (χ4n) is 6.10. The fraction of sp³-hybridized carbons (Fsp3) is 0.600. The SMILES string of the molecule is C=CCOC(=O)NCCC[C@H]1C(=O)N(CC2CCCCC2)CC2N1C(=O)CN(C)N2C(=O)NCc1ccc(OC)cc1. The Bertz CT molecular complexity index is 1110. The molecule has 2 heterocycles. The van der Waals surface area contributed by atoms with Crippen LogP contribution in [0.2, 0.25) is 0 Å². The van der Waals surface area contributed by atoms with E-state index in [4.69, 9.17) is 9.47 Å². The largest absolute Gasteiger partial charge is 0.497 e. The topological polar surface area (TPSA) is 124 Å². The van der Waals surface area contributed by atoms with Gasteiger partial charge in [-0.15, -0.1) is 0 Å². The van der Waals surface area contributed by atoms with Crippen LogP contribution in [0.15, 0.2) is 36.9 Å². The van der Waals surface area contributed by atoms with Gasteiger partial charge in [0.2, 0.25) is 11.8 Å². The van der Waals surface area contributed by atoms with Crippen LogP contribution in [0.4, 0.5) is 9.59 Å². The number of piperazine rings is 1. The predicted octanol–water partition coefficient (Wildman–Crippen LogP) is 2.71. The quantitative estimate of drug-likeness (QED) is 0.303. The summed E-state index contributed by atoms with van der Waals surface area (Å²) in [6.45, 7) is 5.07. The molecule has 2 N–H and O–H groups in total. The number of hydrogen-bond acceptors (Lipinski definition) is 7. The van der Waals surface area contributed by atoms with Crippen LogP contribution in [0.3, 0.4) is 0 Å². The number of carbonyl (C=O) groups is 4. The van der Waals surface area contributed by atoms with E-state index in [9.17, 15) is 19.2 Å². The summed E-state index contributed by atoms with van der Waals surface area (Å²) in [7, 11) is 3.32. The second kappa shape index (κ2) is 14.9. The second-order valence-corrected chi connectivity index (χ2v) is 11.2. The molecule has 0 bridgehead atoms. The van der Waals surface area contributed by atoms with Crippen LogP contribution in [0.25, 0.3) is 0 Å². The first-order chi connectivity index (χ1) is 20.3. The number of ether oxygens (including phenoxy) is 2. The molecule has 1 saturated carbocycles. The van der Waals surface area contributed by atoms with Gasteiger partial charge in [-0.25, -0.2) is 19.6 Å². The van der Waals surface area contributed by atoms with Crippen molar-refractivity contribution in [2.45, 2.75) is 63.7 Å². The molecule has 230 valence electrons. The molecule has 2 atom stereocenters. The van der Waals surface area contributed by atoms with Crippen molar-refractivity contribution in [3.8, 4) is 5.75 Å². The molecule has 0 radical (unpaired) electrons. The Morgan fingerprint density at radius 3 is 2.52 bits per heavy atom. The Hall–Kier alpha value is -3.80. The Morgan fingerprint density at radius 1 is 1.10 bits per heavy atom. The lowest BCUT2D eigenvalue weighted by atomic mass is 9.88. The molecule has 2 aliphatic heterocycles. The average molecular weight is 585 g/mol. The maximum absolute atomic E-state index is 13.9. The van der Waals surface area contributed by atoms with Crippen molar-refractivity contribution in [3.05, 3.63) is 42.5 Å². The number of hydrazine groups is 1. The van der Waals surface area contributed by atoms with E-state index < -0.39 is 18.3 Å². The number of urea groups is 1. The molecule has 12 heteroatoms. The van der Waals surface area contributed by atoms with E-state index in [0.29, 0.717) is 38.4 Å². The van der Waals surface area contributed by atoms with Crippen LogP contribution in [0.1, 0.15) is 50.5 Å². The van der Waals surface area contributed by atoms with Gasteiger partial charge in [0.15, 0.2) is 0 Å². The first-order valence-electron chi connectivity index (χ1n) is 14.8. The normalized spacial score (nSPS) is 21.5. The molecule has 1 aromatic carbocycles. The van der Waals surface area contributed by atoms with E-state index in [1.165, 1.54) is 12.5 Å². The lowest BCUT2D eigenvalue weighted by Crippen LogP contribution is -2.76. The number of alkyl carbamates (subject to hydrolysis) is 1. The van der Waals surface area contributed by atoms with Crippen LogP contribution >= 0.6 is 0 Å². The number of amides is 5. The summed E-state index contributed by atoms with van der Waals surface area (Å²) in [5, 5.41) is 8.87. The van der Waals surface area contributed by atoms with Crippen LogP contribution in [-0.2, 0) is 20.9 Å². The molecule has 0 spiro atoms. The van der Waals surface area contributed by atoms with Gasteiger partial charge in [0.05, 0.1) is 20.2 Å². The van der Waals surface area contributed by atoms with E-state index in [0.717, 1.165) is 37.0 Å². The first kappa shape index (κ1) is 31.1. The molecule has 1 aromatic rings. The standard InChI is InChI=1S/C30H44N6O6/c1-4-17-42-30(40)31-16-8-11-25-28(38)34(19-23-9-6-5-7-10-23)20-26-35(25)27(37)21-33(2)36(26)29(39)32-18-22-12-14-24(41-3)15-13-22/h4,12-15,23,25-26H,1,5-11,16-21H2,2-3H3,(H,31,40)(H,32,39)/t25-,26?/m0/s1. The Labute approximate surface area is 247 Å². The molecular formula is C30H44N6O6. The summed E-state index contributed by atoms with van der Waals surface area (Å²) >= 11 is 0. The smallest absolute Gasteiger partial charge is 0.407 e. The Balaban J connectivity index is 1.49. The number of fused-ring (bicyclic) bond motifs is 1. The third-order valence-corrected chi connectivity index (χ3v) is 8.21. The number of nitrogens with one attached hydrogen (secondary N) is 2. The van der Waals surface area contributed by atoms with Crippen molar-refractivity contribution < 1.29 is 28.7 Å². The third kappa shape index (κ3) is 7.72. The third-order valence-electron chi connectivity index (χ3n) is 8.21. The van der Waals surface area contributed by atoms with Gasteiger partial charge < -0.3 is 29.9 Å². The van der Waals surface area contributed by atoms with E-state index in [1.807, 2.05) is 29.2 Å². The number of likely N-dealkylation sites (N-methyl/N-ethyl adjacent to an activating group) is 1. The number of methoxy groups -OCH3 is 1. The van der Waals surface area contributed by atoms with Gasteiger partial charge >= 0.3 is 12.1 Å². The van der Waals surface area contributed by atoms with Gasteiger partial charge in [-0.05, 0) is 49.3 Å². The van der Waals surface area contributed by atoms with Crippen LogP contribution in [0, 0.1) is 5.92 Å². The highest BCUT2D eigenvalue weighted by molar-refractivity contribution is 5.91. The van der Waals surface area contributed by atoms with Gasteiger partial charge in [-0.3, -0.25) is 9.59 Å². The van der Waals surface area contributed by atoms with Gasteiger partial charge in [-0.2, -0.15) is 0 Å². The zero-order valence-electron chi connectivity index (χ0n) is 24.8. The Morgan fingerprint density at radius 2 is 1.83 bits per heavy atom. The lowest BCUT2D eigenvalue weighted by molar-refractivity contribution is -0.188. The van der Waals surface area contributed by atoms with E-state index in [-0.39, 0.29) is 37.5 Å². The van der Waals surface area contributed by atoms with Gasteiger partial charge in [0.25, 0.3) is 0 Å². The number of nitrogens with zero attached hydrogens (tertiary/aromatic N) is 4. The molecule has 1 aliphatic carbocycles. The maximum atomic E-state index is 13.9. The first-order valence-corrected chi connectivity index (χ1v) is 14.8. The lowest BCUT2D eigenvalue weighted by Gasteiger charge is -2.55. The monoisotopic (exact) mass is 584 g/mol. The van der Waals surface area contributed by atoms with Gasteiger partial charge in [-0.1, -0.05) is 44.1 Å². The fourth-order valence-corrected chi connectivity index (χ4v) is 6.10. The number of hydrogen-bond donors (Lipinski definition) is 2. The van der Waals surface area contributed by atoms with Crippen LogP contribution in [-0.4, -0.2) is 103 Å². The highest BCUT2D eigenvalue weighted by Crippen LogP contribution is 2.31. The van der Waals surface area contributed by atoms with E-state index in [2.05, 4.69) is 17.2 Å². The van der Waals surface area contributed by atoms with Crippen molar-refractivity contribution in [2.75, 3.05) is 46.9 Å². The Kier molecular flexibility index (Phi) is 11.0. The summed E-state index contributed by atoms with van der Waals surface area (Å²) in [6.07, 6.45) is 6.78. The summed E-state index contributed by atoms with van der Waals surface area (Å²) in [4.78, 5) is 56.1. The van der Waals surface area contributed by atoms with Crippen LogP contribution in [0.5, 0.6) is 5.75 Å². The number of benzene rings is 1. The minimum absolute atomic E-state index is 0.0228. The molecule has 3 fully saturated rings. The minimum Gasteiger partial charge on any atom is -0.497 e. The van der Waals surface area contributed by atoms with Crippen molar-refractivity contribution in [1.82, 2.24) is 30.5 Å². The molecule has 5 amide bonds. The van der Waals surface area contributed by atoms with E-state index in [1.54, 1.807) is 29.1 Å². The van der Waals surface area contributed by atoms with Crippen molar-refractivity contribution in [2.24, 2.45) is 5.92 Å². The molecular weight excluding hydrogens is 540 g/mol. The van der Waals surface area contributed by atoms with Gasteiger partial charge in [0.1, 0.15) is 24.6 Å². The summed E-state index contributed by atoms with van der Waals surface area (Å²) in [5.41, 5.74) is 0.909. The molecule has 3 aliphatic rings. The summed E-state index contributed by atoms with van der Waals surface area (Å²) < 4.78 is 10.2. The molecule has 12 nitrogen and oxygen atoms in total. The zero-order chi connectivity index (χ0) is 30.1. The van der Waals surface area contributed by atoms with Crippen molar-refractivity contribution in [1.29, 1.82) is 0 Å². The zero-order valence-corrected chi connectivity index (χ0v) is 24.8. The summed E-state index contributed by atoms with van der Waals surface area (Å²) in [5.74, 6) is 0.846. The minimum atomic E-state index is -0.726. The number of carbonyl (C=O) groups excluding carboxylic acids is 4. The second-order valence-electron chi connectivity index (χ2n) is 11.2. The maximum Gasteiger partial charge on any atom is 0.407 e. The summed E-state index contributed by atoms with van der Waals surface area (Å²) in [6, 6.07) is 6.38. The van der Waals surface area contributed by atoms with Gasteiger partial charge in [0, 0.05) is 26.7 Å². The highest BCUT2D eigenvalue weighted by atomic mass is 16.5. The van der Waals surface area contributed by atoms with Crippen molar-refractivity contribution >= 4 is 23.9 Å². The van der Waals surface area contributed by atoms with Crippen molar-refractivity contribution in [3.63, 3.8) is 0 Å². The van der Waals surface area contributed by atoms with Crippen LogP contribution < -0.4 is 15.4 Å². The molecule has 0 aromatic heterocycles. The van der Waals surface area contributed by atoms with E-state index >= 15 is 0 Å². The molecule has 42 heavy (non-hydrogen) atoms. The highest BCUT2D eigenvalue weighted by Gasteiger charge is 2.50.